The van der Waals surface area contributed by atoms with E-state index in [2.05, 4.69) is 9.97 Å². The molecule has 1 heterocycles. The molecule has 0 saturated carbocycles. The number of hydrogen-bond acceptors (Lipinski definition) is 3. The number of hydrogen-bond donors (Lipinski definition) is 0. The molecule has 0 bridgehead atoms. The average molecular weight is 395 g/mol. The van der Waals surface area contributed by atoms with Gasteiger partial charge < -0.3 is 4.74 Å². The molecular weight excluding hydrogens is 386 g/mol. The highest BCUT2D eigenvalue weighted by molar-refractivity contribution is 14.1. The second-order valence-electron chi connectivity index (χ2n) is 3.40. The maximum Gasteiger partial charge on any atom is 0.162 e. The molecule has 0 fully saturated rings. The van der Waals surface area contributed by atoms with E-state index in [1.807, 2.05) is 53.8 Å². The van der Waals surface area contributed by atoms with Crippen LogP contribution in [0, 0.1) is 3.57 Å². The minimum absolute atomic E-state index is 0.354. The fourth-order valence-corrected chi connectivity index (χ4v) is 2.04. The van der Waals surface area contributed by atoms with E-state index in [1.54, 1.807) is 0 Å². The number of nitrogens with zero attached hydrogens (tertiary/aromatic N) is 2. The van der Waals surface area contributed by atoms with Crippen molar-refractivity contribution in [3.63, 3.8) is 0 Å². The Morgan fingerprint density at radius 1 is 1.22 bits per heavy atom. The Labute approximate surface area is 129 Å². The van der Waals surface area contributed by atoms with Crippen LogP contribution < -0.4 is 4.74 Å². The first-order valence-corrected chi connectivity index (χ1v) is 7.07. The molecule has 0 amide bonds. The lowest BCUT2D eigenvalue weighted by Crippen LogP contribution is -1.95. The molecule has 0 aliphatic rings. The Morgan fingerprint density at radius 3 is 2.50 bits per heavy atom. The van der Waals surface area contributed by atoms with Gasteiger partial charge in [0.15, 0.2) is 5.82 Å². The lowest BCUT2D eigenvalue weighted by atomic mass is 10.2. The van der Waals surface area contributed by atoms with Gasteiger partial charge in [0.1, 0.15) is 16.1 Å². The van der Waals surface area contributed by atoms with Crippen molar-refractivity contribution in [2.45, 2.75) is 6.92 Å². The number of aromatic nitrogens is 2. The smallest absolute Gasteiger partial charge is 0.162 e. The van der Waals surface area contributed by atoms with Gasteiger partial charge in [-0.15, -0.1) is 0 Å². The van der Waals surface area contributed by atoms with Crippen LogP contribution in [0.2, 0.25) is 10.3 Å². The normalized spacial score (nSPS) is 10.4. The van der Waals surface area contributed by atoms with Gasteiger partial charge in [-0.3, -0.25) is 0 Å². The summed E-state index contributed by atoms with van der Waals surface area (Å²) in [5.74, 6) is 1.26. The molecule has 94 valence electrons. The Kier molecular flexibility index (Phi) is 4.64. The van der Waals surface area contributed by atoms with Crippen LogP contribution in [0.3, 0.4) is 0 Å². The van der Waals surface area contributed by atoms with Gasteiger partial charge in [0, 0.05) is 5.56 Å². The van der Waals surface area contributed by atoms with Crippen molar-refractivity contribution < 1.29 is 4.74 Å². The highest BCUT2D eigenvalue weighted by Crippen LogP contribution is 2.28. The summed E-state index contributed by atoms with van der Waals surface area (Å²) in [6.45, 7) is 2.54. The van der Waals surface area contributed by atoms with E-state index in [-0.39, 0.29) is 0 Å². The summed E-state index contributed by atoms with van der Waals surface area (Å²) >= 11 is 14.0. The minimum atomic E-state index is 0.354. The Morgan fingerprint density at radius 2 is 1.89 bits per heavy atom. The highest BCUT2D eigenvalue weighted by atomic mass is 127. The number of halogens is 3. The SMILES string of the molecule is CCOc1cccc(-c2nc(Cl)c(I)c(Cl)n2)c1. The van der Waals surface area contributed by atoms with Gasteiger partial charge >= 0.3 is 0 Å². The summed E-state index contributed by atoms with van der Waals surface area (Å²) in [5, 5.41) is 0.708. The van der Waals surface area contributed by atoms with E-state index < -0.39 is 0 Å². The average Bonchev–Trinajstić information content (AvgIpc) is 2.36. The summed E-state index contributed by atoms with van der Waals surface area (Å²) in [7, 11) is 0. The van der Waals surface area contributed by atoms with Crippen LogP contribution in [0.1, 0.15) is 6.92 Å². The summed E-state index contributed by atoms with van der Waals surface area (Å²) < 4.78 is 6.08. The van der Waals surface area contributed by atoms with Crippen LogP contribution in [-0.2, 0) is 0 Å². The third-order valence-corrected chi connectivity index (χ3v) is 4.38. The van der Waals surface area contributed by atoms with Gasteiger partial charge in [0.2, 0.25) is 0 Å². The molecule has 0 spiro atoms. The second kappa shape index (κ2) is 6.04. The molecule has 6 heteroatoms. The van der Waals surface area contributed by atoms with Crippen LogP contribution in [0.5, 0.6) is 5.75 Å². The molecule has 2 aromatic rings. The molecule has 1 aromatic carbocycles. The van der Waals surface area contributed by atoms with Crippen molar-refractivity contribution in [3.05, 3.63) is 38.1 Å². The van der Waals surface area contributed by atoms with Crippen molar-refractivity contribution in [1.82, 2.24) is 9.97 Å². The van der Waals surface area contributed by atoms with Crippen molar-refractivity contribution >= 4 is 45.8 Å². The molecule has 1 aromatic heterocycles. The Bertz CT molecular complexity index is 555. The van der Waals surface area contributed by atoms with Crippen LogP contribution in [-0.4, -0.2) is 16.6 Å². The maximum atomic E-state index is 6.00. The van der Waals surface area contributed by atoms with E-state index >= 15 is 0 Å². The molecule has 0 radical (unpaired) electrons. The molecule has 3 nitrogen and oxygen atoms in total. The molecule has 0 aliphatic heterocycles. The van der Waals surface area contributed by atoms with Gasteiger partial charge in [0.25, 0.3) is 0 Å². The van der Waals surface area contributed by atoms with Gasteiger partial charge in [0.05, 0.1) is 10.2 Å². The molecule has 0 saturated heterocycles. The van der Waals surface area contributed by atoms with E-state index in [9.17, 15) is 0 Å². The molecule has 2 rings (SSSR count). The van der Waals surface area contributed by atoms with Gasteiger partial charge in [-0.25, -0.2) is 9.97 Å². The van der Waals surface area contributed by atoms with Crippen LogP contribution in [0.4, 0.5) is 0 Å². The maximum absolute atomic E-state index is 6.00. The van der Waals surface area contributed by atoms with Crippen molar-refractivity contribution in [1.29, 1.82) is 0 Å². The Balaban J connectivity index is 2.45. The summed E-state index contributed by atoms with van der Waals surface area (Å²) in [5.41, 5.74) is 0.821. The van der Waals surface area contributed by atoms with Crippen molar-refractivity contribution in [2.75, 3.05) is 6.61 Å². The fourth-order valence-electron chi connectivity index (χ4n) is 1.41. The first-order valence-electron chi connectivity index (χ1n) is 5.23. The third-order valence-electron chi connectivity index (χ3n) is 2.17. The lowest BCUT2D eigenvalue weighted by Gasteiger charge is -2.06. The number of ether oxygens (including phenoxy) is 1. The second-order valence-corrected chi connectivity index (χ2v) is 5.20. The predicted molar refractivity (Wildman–Crippen MR) is 81.4 cm³/mol. The first-order chi connectivity index (χ1) is 8.61. The molecule has 0 atom stereocenters. The predicted octanol–water partition coefficient (Wildman–Crippen LogP) is 4.45. The van der Waals surface area contributed by atoms with Crippen LogP contribution in [0.25, 0.3) is 11.4 Å². The standard InChI is InChI=1S/C12H9Cl2IN2O/c1-2-18-8-5-3-4-7(6-8)12-16-10(13)9(15)11(14)17-12/h3-6H,2H2,1H3. The lowest BCUT2D eigenvalue weighted by molar-refractivity contribution is 0.340. The van der Waals surface area contributed by atoms with E-state index in [4.69, 9.17) is 27.9 Å². The van der Waals surface area contributed by atoms with Crippen molar-refractivity contribution in [3.8, 4) is 17.1 Å². The van der Waals surface area contributed by atoms with E-state index in [1.165, 1.54) is 0 Å². The fraction of sp³-hybridized carbons (Fsp3) is 0.167. The summed E-state index contributed by atoms with van der Waals surface area (Å²) in [4.78, 5) is 8.42. The molecule has 0 unspecified atom stereocenters. The molecule has 0 N–H and O–H groups in total. The molecule has 0 aliphatic carbocycles. The monoisotopic (exact) mass is 394 g/mol. The van der Waals surface area contributed by atoms with Crippen molar-refractivity contribution in [2.24, 2.45) is 0 Å². The Hall–Kier alpha value is -0.590. The summed E-state index contributed by atoms with van der Waals surface area (Å²) in [6.07, 6.45) is 0. The van der Waals surface area contributed by atoms with Gasteiger partial charge in [-0.1, -0.05) is 35.3 Å². The molecular formula is C12H9Cl2IN2O. The quantitative estimate of drug-likeness (QED) is 0.569. The zero-order chi connectivity index (χ0) is 13.1. The first kappa shape index (κ1) is 13.8. The largest absolute Gasteiger partial charge is 0.494 e. The highest BCUT2D eigenvalue weighted by Gasteiger charge is 2.10. The van der Waals surface area contributed by atoms with Gasteiger partial charge in [-0.2, -0.15) is 0 Å². The van der Waals surface area contributed by atoms with E-state index in [0.29, 0.717) is 26.3 Å². The number of rotatable bonds is 3. The topological polar surface area (TPSA) is 35.0 Å². The minimum Gasteiger partial charge on any atom is -0.494 e. The molecule has 18 heavy (non-hydrogen) atoms. The number of benzene rings is 1. The third kappa shape index (κ3) is 3.05. The zero-order valence-corrected chi connectivity index (χ0v) is 13.1. The van der Waals surface area contributed by atoms with Crippen LogP contribution in [0.15, 0.2) is 24.3 Å². The zero-order valence-electron chi connectivity index (χ0n) is 9.45. The van der Waals surface area contributed by atoms with Gasteiger partial charge in [-0.05, 0) is 41.6 Å². The van der Waals surface area contributed by atoms with Crippen LogP contribution >= 0.6 is 45.8 Å². The summed E-state index contributed by atoms with van der Waals surface area (Å²) in [6, 6.07) is 7.50. The van der Waals surface area contributed by atoms with E-state index in [0.717, 1.165) is 11.3 Å².